The average Bonchev–Trinajstić information content (AvgIpc) is 3.47. The van der Waals surface area contributed by atoms with Crippen LogP contribution in [0, 0.1) is 29.5 Å². The standard InChI is InChI=1S/C35H30ClFN4O8/c1-48-25-13-16(14-26(49-2)29(25)42)28-21-11-12-22-27(32(45)40(30(22)43)34(38)47)23(21)15-24-31(44)41(39-20-9-7-19(37)8-10-20)33(46)35(24,28)17-3-5-18(36)6-4-17/h3-11,13-14,22-24,27-28,39,42H,12,15H2,1-2H3,(H2,38,47). The van der Waals surface area contributed by atoms with E-state index < -0.39 is 70.5 Å². The summed E-state index contributed by atoms with van der Waals surface area (Å²) in [7, 11) is 2.70. The lowest BCUT2D eigenvalue weighted by molar-refractivity contribution is -0.139. The van der Waals surface area contributed by atoms with E-state index >= 15 is 4.79 Å². The molecule has 2 aliphatic heterocycles. The first-order valence-corrected chi connectivity index (χ1v) is 15.8. The summed E-state index contributed by atoms with van der Waals surface area (Å²) in [4.78, 5) is 69.6. The van der Waals surface area contributed by atoms with Gasteiger partial charge in [0.1, 0.15) is 5.82 Å². The van der Waals surface area contributed by atoms with Gasteiger partial charge in [-0.25, -0.2) is 9.18 Å². The van der Waals surface area contributed by atoms with E-state index in [2.05, 4.69) is 5.43 Å². The van der Waals surface area contributed by atoms with Crippen LogP contribution in [0.5, 0.6) is 17.2 Å². The minimum absolute atomic E-state index is 0.0265. The van der Waals surface area contributed by atoms with Crippen molar-refractivity contribution in [2.24, 2.45) is 29.4 Å². The van der Waals surface area contributed by atoms with Gasteiger partial charge in [0.15, 0.2) is 11.5 Å². The number of allylic oxidation sites excluding steroid dienone is 2. The number of urea groups is 1. The Hall–Kier alpha value is -5.43. The number of hydrazine groups is 1. The molecule has 1 saturated carbocycles. The largest absolute Gasteiger partial charge is 0.502 e. The van der Waals surface area contributed by atoms with E-state index in [9.17, 15) is 28.7 Å². The van der Waals surface area contributed by atoms with Crippen LogP contribution in [0.2, 0.25) is 5.02 Å². The van der Waals surface area contributed by atoms with Crippen LogP contribution in [0.1, 0.15) is 29.9 Å². The number of ether oxygens (including phenoxy) is 2. The maximum Gasteiger partial charge on any atom is 0.328 e. The number of fused-ring (bicyclic) bond motifs is 4. The molecule has 6 amide bonds. The number of phenolic OH excluding ortho intramolecular Hbond substituents is 1. The van der Waals surface area contributed by atoms with E-state index in [1.807, 2.05) is 0 Å². The van der Waals surface area contributed by atoms with Crippen LogP contribution in [-0.4, -0.2) is 58.9 Å². The number of amides is 6. The van der Waals surface area contributed by atoms with Crippen molar-refractivity contribution in [2.75, 3.05) is 19.6 Å². The molecular weight excluding hydrogens is 659 g/mol. The maximum absolute atomic E-state index is 15.2. The van der Waals surface area contributed by atoms with Gasteiger partial charge in [0, 0.05) is 10.9 Å². The molecule has 6 unspecified atom stereocenters. The Morgan fingerprint density at radius 2 is 1.59 bits per heavy atom. The normalized spacial score (nSPS) is 27.3. The highest BCUT2D eigenvalue weighted by Crippen LogP contribution is 2.64. The van der Waals surface area contributed by atoms with Crippen LogP contribution < -0.4 is 20.6 Å². The second-order valence-electron chi connectivity index (χ2n) is 12.5. The van der Waals surface area contributed by atoms with Crippen molar-refractivity contribution in [3.8, 4) is 17.2 Å². The van der Waals surface area contributed by atoms with E-state index in [-0.39, 0.29) is 35.8 Å². The lowest BCUT2D eigenvalue weighted by Crippen LogP contribution is -2.53. The fourth-order valence-corrected chi connectivity index (χ4v) is 8.45. The number of benzene rings is 3. The lowest BCUT2D eigenvalue weighted by Gasteiger charge is -2.50. The molecule has 0 bridgehead atoms. The summed E-state index contributed by atoms with van der Waals surface area (Å²) in [5.41, 5.74) is 8.35. The van der Waals surface area contributed by atoms with Gasteiger partial charge in [0.2, 0.25) is 17.6 Å². The predicted molar refractivity (Wildman–Crippen MR) is 172 cm³/mol. The molecule has 0 aromatic heterocycles. The van der Waals surface area contributed by atoms with Crippen molar-refractivity contribution in [2.45, 2.75) is 24.2 Å². The second kappa shape index (κ2) is 11.6. The van der Waals surface area contributed by atoms with E-state index in [0.717, 1.165) is 5.01 Å². The Morgan fingerprint density at radius 1 is 0.959 bits per heavy atom. The molecule has 252 valence electrons. The first kappa shape index (κ1) is 32.1. The number of phenols is 1. The number of carbonyl (C=O) groups excluding carboxylic acids is 5. The average molecular weight is 689 g/mol. The molecular formula is C35H30ClFN4O8. The van der Waals surface area contributed by atoms with Gasteiger partial charge < -0.3 is 20.3 Å². The molecule has 2 aliphatic carbocycles. The number of nitrogens with one attached hydrogen (secondary N) is 1. The fraction of sp³-hybridized carbons (Fsp3) is 0.286. The third-order valence-corrected chi connectivity index (χ3v) is 10.6. The SMILES string of the molecule is COc1cc(C2C3=CCC4C(=O)N(C(N)=O)C(=O)C4C3CC3C(=O)N(Nc4ccc(F)cc4)C(=O)C32c2ccc(Cl)cc2)cc(OC)c1O. The Kier molecular flexibility index (Phi) is 7.62. The van der Waals surface area contributed by atoms with Crippen LogP contribution in [0.25, 0.3) is 0 Å². The molecule has 4 aliphatic rings. The third-order valence-electron chi connectivity index (χ3n) is 10.3. The van der Waals surface area contributed by atoms with E-state index in [1.54, 1.807) is 30.3 Å². The minimum Gasteiger partial charge on any atom is -0.502 e. The monoisotopic (exact) mass is 688 g/mol. The summed E-state index contributed by atoms with van der Waals surface area (Å²) in [6.07, 6.45) is 1.81. The Labute approximate surface area is 284 Å². The summed E-state index contributed by atoms with van der Waals surface area (Å²) >= 11 is 6.31. The number of nitrogens with zero attached hydrogens (tertiary/aromatic N) is 2. The molecule has 12 nitrogen and oxygen atoms in total. The van der Waals surface area contributed by atoms with Gasteiger partial charge in [0.05, 0.1) is 43.1 Å². The van der Waals surface area contributed by atoms with Crippen LogP contribution in [-0.2, 0) is 24.6 Å². The molecule has 6 atom stereocenters. The van der Waals surface area contributed by atoms with Gasteiger partial charge in [-0.15, -0.1) is 0 Å². The van der Waals surface area contributed by atoms with Crippen molar-refractivity contribution in [3.63, 3.8) is 0 Å². The molecule has 2 heterocycles. The van der Waals surface area contributed by atoms with E-state index in [1.165, 1.54) is 50.6 Å². The molecule has 0 spiro atoms. The quantitative estimate of drug-likeness (QED) is 0.253. The Bertz CT molecular complexity index is 1940. The first-order chi connectivity index (χ1) is 23.4. The van der Waals surface area contributed by atoms with Crippen molar-refractivity contribution >= 4 is 46.9 Å². The van der Waals surface area contributed by atoms with Gasteiger partial charge in [-0.3, -0.25) is 24.6 Å². The highest BCUT2D eigenvalue weighted by Gasteiger charge is 2.70. The molecule has 0 radical (unpaired) electrons. The number of anilines is 1. The Morgan fingerprint density at radius 3 is 2.18 bits per heavy atom. The van der Waals surface area contributed by atoms with Crippen LogP contribution in [0.4, 0.5) is 14.9 Å². The first-order valence-electron chi connectivity index (χ1n) is 15.4. The second-order valence-corrected chi connectivity index (χ2v) is 12.9. The highest BCUT2D eigenvalue weighted by molar-refractivity contribution is 6.30. The van der Waals surface area contributed by atoms with E-state index in [4.69, 9.17) is 26.8 Å². The number of hydrogen-bond acceptors (Lipinski definition) is 9. The molecule has 3 fully saturated rings. The topological polar surface area (TPSA) is 169 Å². The number of aromatic hydroxyl groups is 1. The molecule has 49 heavy (non-hydrogen) atoms. The Balaban J connectivity index is 1.50. The number of carbonyl (C=O) groups is 5. The van der Waals surface area contributed by atoms with Crippen LogP contribution >= 0.6 is 11.6 Å². The third kappa shape index (κ3) is 4.59. The smallest absolute Gasteiger partial charge is 0.328 e. The van der Waals surface area contributed by atoms with Crippen molar-refractivity contribution in [3.05, 3.63) is 94.3 Å². The van der Waals surface area contributed by atoms with Gasteiger partial charge in [-0.05, 0) is 78.4 Å². The number of nitrogens with two attached hydrogens (primary N) is 1. The molecule has 3 aromatic carbocycles. The molecule has 2 saturated heterocycles. The van der Waals surface area contributed by atoms with Crippen molar-refractivity contribution in [1.82, 2.24) is 9.91 Å². The van der Waals surface area contributed by atoms with Gasteiger partial charge in [0.25, 0.3) is 11.8 Å². The zero-order valence-electron chi connectivity index (χ0n) is 26.2. The summed E-state index contributed by atoms with van der Waals surface area (Å²) in [6, 6.07) is 13.5. The summed E-state index contributed by atoms with van der Waals surface area (Å²) in [6.45, 7) is 0. The minimum atomic E-state index is -1.67. The number of methoxy groups -OCH3 is 2. The maximum atomic E-state index is 15.2. The zero-order chi connectivity index (χ0) is 34.9. The molecule has 14 heteroatoms. The summed E-state index contributed by atoms with van der Waals surface area (Å²) in [5, 5.41) is 12.1. The highest BCUT2D eigenvalue weighted by atomic mass is 35.5. The number of likely N-dealkylation sites (tertiary alicyclic amines) is 1. The van der Waals surface area contributed by atoms with Gasteiger partial charge in [-0.2, -0.15) is 9.91 Å². The molecule has 7 rings (SSSR count). The van der Waals surface area contributed by atoms with Crippen molar-refractivity contribution in [1.29, 1.82) is 0 Å². The number of halogens is 2. The van der Waals surface area contributed by atoms with Crippen LogP contribution in [0.15, 0.2) is 72.3 Å². The van der Waals surface area contributed by atoms with Crippen molar-refractivity contribution < 1.29 is 42.9 Å². The molecule has 4 N–H and O–H groups in total. The van der Waals surface area contributed by atoms with E-state index in [0.29, 0.717) is 26.6 Å². The number of rotatable bonds is 6. The fourth-order valence-electron chi connectivity index (χ4n) is 8.33. The number of primary amides is 1. The lowest BCUT2D eigenvalue weighted by atomic mass is 9.49. The summed E-state index contributed by atoms with van der Waals surface area (Å²) in [5.74, 6) is -8.34. The van der Waals surface area contributed by atoms with Gasteiger partial charge in [-0.1, -0.05) is 35.4 Å². The van der Waals surface area contributed by atoms with Crippen LogP contribution in [0.3, 0.4) is 0 Å². The molecule has 3 aromatic rings. The predicted octanol–water partition coefficient (Wildman–Crippen LogP) is 4.27. The number of hydrogen-bond donors (Lipinski definition) is 3. The van der Waals surface area contributed by atoms with Gasteiger partial charge >= 0.3 is 6.03 Å². The zero-order valence-corrected chi connectivity index (χ0v) is 26.9. The number of imide groups is 4. The summed E-state index contributed by atoms with van der Waals surface area (Å²) < 4.78 is 24.8.